The normalized spacial score (nSPS) is 10.0. The van der Waals surface area contributed by atoms with Gasteiger partial charge >= 0.3 is 5.97 Å². The summed E-state index contributed by atoms with van der Waals surface area (Å²) in [6.45, 7) is 4.35. The third-order valence-corrected chi connectivity index (χ3v) is 2.82. The molecule has 0 heterocycles. The summed E-state index contributed by atoms with van der Waals surface area (Å²) in [6.07, 6.45) is 0.741. The highest BCUT2D eigenvalue weighted by molar-refractivity contribution is 5.97. The maximum Gasteiger partial charge on any atom is 0.325 e. The highest BCUT2D eigenvalue weighted by atomic mass is 16.5. The molecule has 0 aliphatic carbocycles. The van der Waals surface area contributed by atoms with Gasteiger partial charge in [0.15, 0.2) is 0 Å². The molecule has 21 heavy (non-hydrogen) atoms. The van der Waals surface area contributed by atoms with Gasteiger partial charge in [0, 0.05) is 23.9 Å². The van der Waals surface area contributed by atoms with Crippen molar-refractivity contribution in [1.29, 1.82) is 0 Å². The summed E-state index contributed by atoms with van der Waals surface area (Å²) in [5, 5.41) is 0. The summed E-state index contributed by atoms with van der Waals surface area (Å²) in [4.78, 5) is 25.5. The molecule has 0 aliphatic heterocycles. The second-order valence-electron chi connectivity index (χ2n) is 4.53. The summed E-state index contributed by atoms with van der Waals surface area (Å²) in [5.41, 5.74) is 6.58. The zero-order chi connectivity index (χ0) is 15.8. The van der Waals surface area contributed by atoms with E-state index in [1.54, 1.807) is 25.1 Å². The first-order valence-corrected chi connectivity index (χ1v) is 6.91. The Morgan fingerprint density at radius 2 is 1.95 bits per heavy atom. The molecule has 116 valence electrons. The molecule has 1 amide bonds. The van der Waals surface area contributed by atoms with E-state index in [9.17, 15) is 9.59 Å². The van der Waals surface area contributed by atoms with Crippen molar-refractivity contribution in [2.24, 2.45) is 0 Å². The van der Waals surface area contributed by atoms with Gasteiger partial charge in [-0.1, -0.05) is 6.92 Å². The van der Waals surface area contributed by atoms with E-state index in [1.807, 2.05) is 6.92 Å². The second kappa shape index (κ2) is 8.14. The van der Waals surface area contributed by atoms with Crippen LogP contribution in [0.2, 0.25) is 0 Å². The fraction of sp³-hybridized carbons (Fsp3) is 0.467. The Hall–Kier alpha value is -2.24. The van der Waals surface area contributed by atoms with Gasteiger partial charge in [0.05, 0.1) is 13.7 Å². The van der Waals surface area contributed by atoms with Gasteiger partial charge in [0.2, 0.25) is 0 Å². The molecule has 0 saturated heterocycles. The molecule has 0 spiro atoms. The van der Waals surface area contributed by atoms with Crippen molar-refractivity contribution in [3.05, 3.63) is 23.8 Å². The molecule has 2 N–H and O–H groups in total. The SMILES string of the molecule is CCCN(CC(=O)OCC)C(=O)c1cc(N)cc(OC)c1. The molecule has 0 bridgehead atoms. The zero-order valence-corrected chi connectivity index (χ0v) is 12.7. The van der Waals surface area contributed by atoms with E-state index in [0.717, 1.165) is 6.42 Å². The van der Waals surface area contributed by atoms with Gasteiger partial charge in [-0.3, -0.25) is 9.59 Å². The lowest BCUT2D eigenvalue weighted by molar-refractivity contribution is -0.143. The lowest BCUT2D eigenvalue weighted by atomic mass is 10.1. The van der Waals surface area contributed by atoms with Crippen LogP contribution in [0.1, 0.15) is 30.6 Å². The zero-order valence-electron chi connectivity index (χ0n) is 12.7. The Labute approximate surface area is 124 Å². The van der Waals surface area contributed by atoms with Crippen LogP contribution in [0.3, 0.4) is 0 Å². The molecular formula is C15H22N2O4. The van der Waals surface area contributed by atoms with E-state index in [0.29, 0.717) is 30.2 Å². The predicted octanol–water partition coefficient (Wildman–Crippen LogP) is 1.69. The minimum Gasteiger partial charge on any atom is -0.497 e. The van der Waals surface area contributed by atoms with Crippen molar-refractivity contribution < 1.29 is 19.1 Å². The van der Waals surface area contributed by atoms with Crippen molar-refractivity contribution in [2.45, 2.75) is 20.3 Å². The number of nitrogens with two attached hydrogens (primary N) is 1. The van der Waals surface area contributed by atoms with Gasteiger partial charge < -0.3 is 20.1 Å². The number of nitrogen functional groups attached to an aromatic ring is 1. The first-order valence-electron chi connectivity index (χ1n) is 6.91. The number of rotatable bonds is 7. The van der Waals surface area contributed by atoms with Crippen LogP contribution < -0.4 is 10.5 Å². The standard InChI is InChI=1S/C15H22N2O4/c1-4-6-17(10-14(18)21-5-2)15(19)11-7-12(16)9-13(8-11)20-3/h7-9H,4-6,10,16H2,1-3H3. The Morgan fingerprint density at radius 3 is 2.52 bits per heavy atom. The molecule has 0 unspecified atom stereocenters. The van der Waals surface area contributed by atoms with Gasteiger partial charge in [0.25, 0.3) is 5.91 Å². The van der Waals surface area contributed by atoms with Crippen molar-refractivity contribution in [3.8, 4) is 5.75 Å². The fourth-order valence-electron chi connectivity index (χ4n) is 1.93. The van der Waals surface area contributed by atoms with Crippen LogP contribution in [0.15, 0.2) is 18.2 Å². The van der Waals surface area contributed by atoms with E-state index < -0.39 is 5.97 Å². The summed E-state index contributed by atoms with van der Waals surface area (Å²) < 4.78 is 9.99. The van der Waals surface area contributed by atoms with Crippen LogP contribution in [-0.4, -0.2) is 43.6 Å². The van der Waals surface area contributed by atoms with Crippen LogP contribution >= 0.6 is 0 Å². The predicted molar refractivity (Wildman–Crippen MR) is 80.2 cm³/mol. The topological polar surface area (TPSA) is 81.9 Å². The molecule has 1 aromatic carbocycles. The Kier molecular flexibility index (Phi) is 6.52. The van der Waals surface area contributed by atoms with E-state index in [-0.39, 0.29) is 12.5 Å². The minimum absolute atomic E-state index is 0.0718. The maximum absolute atomic E-state index is 12.5. The van der Waals surface area contributed by atoms with Gasteiger partial charge in [0.1, 0.15) is 12.3 Å². The number of ether oxygens (including phenoxy) is 2. The number of esters is 1. The summed E-state index contributed by atoms with van der Waals surface area (Å²) in [6, 6.07) is 4.80. The number of hydrogen-bond acceptors (Lipinski definition) is 5. The maximum atomic E-state index is 12.5. The van der Waals surface area contributed by atoms with E-state index in [4.69, 9.17) is 15.2 Å². The molecule has 6 heteroatoms. The molecule has 0 saturated carbocycles. The lowest BCUT2D eigenvalue weighted by Crippen LogP contribution is -2.37. The molecule has 0 fully saturated rings. The number of methoxy groups -OCH3 is 1. The monoisotopic (exact) mass is 294 g/mol. The molecule has 0 atom stereocenters. The quantitative estimate of drug-likeness (QED) is 0.611. The third kappa shape index (κ3) is 4.98. The smallest absolute Gasteiger partial charge is 0.325 e. The molecular weight excluding hydrogens is 272 g/mol. The first kappa shape index (κ1) is 16.8. The molecule has 0 radical (unpaired) electrons. The van der Waals surface area contributed by atoms with Gasteiger partial charge in [-0.25, -0.2) is 0 Å². The average Bonchev–Trinajstić information content (AvgIpc) is 2.45. The number of nitrogens with zero attached hydrogens (tertiary/aromatic N) is 1. The van der Waals surface area contributed by atoms with Crippen LogP contribution in [0.4, 0.5) is 5.69 Å². The number of amides is 1. The van der Waals surface area contributed by atoms with E-state index >= 15 is 0 Å². The fourth-order valence-corrected chi connectivity index (χ4v) is 1.93. The van der Waals surface area contributed by atoms with Gasteiger partial charge in [-0.15, -0.1) is 0 Å². The highest BCUT2D eigenvalue weighted by Gasteiger charge is 2.19. The lowest BCUT2D eigenvalue weighted by Gasteiger charge is -2.21. The van der Waals surface area contributed by atoms with Crippen molar-refractivity contribution in [2.75, 3.05) is 32.5 Å². The van der Waals surface area contributed by atoms with Crippen molar-refractivity contribution in [1.82, 2.24) is 4.90 Å². The summed E-state index contributed by atoms with van der Waals surface area (Å²) in [7, 11) is 1.51. The highest BCUT2D eigenvalue weighted by Crippen LogP contribution is 2.20. The Balaban J connectivity index is 2.94. The van der Waals surface area contributed by atoms with Crippen molar-refractivity contribution in [3.63, 3.8) is 0 Å². The second-order valence-corrected chi connectivity index (χ2v) is 4.53. The van der Waals surface area contributed by atoms with Crippen LogP contribution in [0.5, 0.6) is 5.75 Å². The van der Waals surface area contributed by atoms with Crippen LogP contribution in [0, 0.1) is 0 Å². The number of benzene rings is 1. The van der Waals surface area contributed by atoms with E-state index in [1.165, 1.54) is 12.0 Å². The third-order valence-electron chi connectivity index (χ3n) is 2.82. The first-order chi connectivity index (χ1) is 10.0. The van der Waals surface area contributed by atoms with Crippen LogP contribution in [0.25, 0.3) is 0 Å². The number of hydrogen-bond donors (Lipinski definition) is 1. The number of carbonyl (C=O) groups excluding carboxylic acids is 2. The van der Waals surface area contributed by atoms with Crippen molar-refractivity contribution >= 4 is 17.6 Å². The Morgan fingerprint density at radius 1 is 1.24 bits per heavy atom. The molecule has 6 nitrogen and oxygen atoms in total. The molecule has 0 aromatic heterocycles. The minimum atomic E-state index is -0.421. The molecule has 1 rings (SSSR count). The summed E-state index contributed by atoms with van der Waals surface area (Å²) in [5.74, 6) is -0.184. The summed E-state index contributed by atoms with van der Waals surface area (Å²) >= 11 is 0. The Bertz CT molecular complexity index is 502. The molecule has 0 aliphatic rings. The largest absolute Gasteiger partial charge is 0.497 e. The molecule has 1 aromatic rings. The number of carbonyl (C=O) groups is 2. The van der Waals surface area contributed by atoms with E-state index in [2.05, 4.69) is 0 Å². The van der Waals surface area contributed by atoms with Crippen LogP contribution in [-0.2, 0) is 9.53 Å². The van der Waals surface area contributed by atoms with Gasteiger partial charge in [-0.2, -0.15) is 0 Å². The average molecular weight is 294 g/mol. The number of anilines is 1. The van der Waals surface area contributed by atoms with Gasteiger partial charge in [-0.05, 0) is 25.5 Å².